The number of nitrogen functional groups attached to an aromatic ring is 2. The van der Waals surface area contributed by atoms with Gasteiger partial charge < -0.3 is 31.3 Å². The predicted octanol–water partition coefficient (Wildman–Crippen LogP) is 1.09. The zero-order valence-corrected chi connectivity index (χ0v) is 25.5. The Morgan fingerprint density at radius 2 is 2.04 bits per heavy atom. The molecule has 2 atom stereocenters. The first-order chi connectivity index (χ1) is 21.7. The van der Waals surface area contributed by atoms with Gasteiger partial charge in [0.2, 0.25) is 5.52 Å². The lowest BCUT2D eigenvalue weighted by Gasteiger charge is -2.49. The number of nitrogens with one attached hydrogen (secondary N) is 2. The molecule has 45 heavy (non-hydrogen) atoms. The summed E-state index contributed by atoms with van der Waals surface area (Å²) in [6, 6.07) is 12.4. The summed E-state index contributed by atoms with van der Waals surface area (Å²) in [5.74, 6) is -2.08. The van der Waals surface area contributed by atoms with Gasteiger partial charge in [0.25, 0.3) is 11.8 Å². The van der Waals surface area contributed by atoms with Crippen LogP contribution in [0.1, 0.15) is 16.8 Å². The Bertz CT molecular complexity index is 1910. The molecule has 4 aromatic rings. The third-order valence-corrected chi connectivity index (χ3v) is 9.50. The number of rotatable bonds is 10. The number of oxime groups is 1. The number of amides is 2. The molecule has 16 heteroatoms. The summed E-state index contributed by atoms with van der Waals surface area (Å²) in [4.78, 5) is 48.9. The van der Waals surface area contributed by atoms with Crippen LogP contribution in [0.3, 0.4) is 0 Å². The second kappa shape index (κ2) is 12.0. The van der Waals surface area contributed by atoms with Crippen molar-refractivity contribution < 1.29 is 28.9 Å². The highest BCUT2D eigenvalue weighted by Crippen LogP contribution is 2.40. The lowest BCUT2D eigenvalue weighted by Crippen LogP contribution is -2.71. The highest BCUT2D eigenvalue weighted by atomic mass is 32.2. The summed E-state index contributed by atoms with van der Waals surface area (Å²) in [6.45, 7) is 0.848. The van der Waals surface area contributed by atoms with Crippen LogP contribution in [0.15, 0.2) is 76.7 Å². The van der Waals surface area contributed by atoms with Crippen LogP contribution in [-0.4, -0.2) is 73.2 Å². The minimum atomic E-state index is -1.22. The van der Waals surface area contributed by atoms with E-state index in [4.69, 9.17) is 21.7 Å². The van der Waals surface area contributed by atoms with Crippen molar-refractivity contribution in [1.82, 2.24) is 19.8 Å². The minimum absolute atomic E-state index is 0.0137. The van der Waals surface area contributed by atoms with E-state index in [1.165, 1.54) is 23.8 Å². The molecule has 6 rings (SSSR count). The molecule has 2 aliphatic rings. The van der Waals surface area contributed by atoms with E-state index in [9.17, 15) is 19.5 Å². The average molecular weight is 647 g/mol. The molecule has 7 N–H and O–H groups in total. The first-order valence-electron chi connectivity index (χ1n) is 13.6. The predicted molar refractivity (Wildman–Crippen MR) is 168 cm³/mol. The summed E-state index contributed by atoms with van der Waals surface area (Å²) in [7, 11) is 1.28. The topological polar surface area (TPSA) is 206 Å². The smallest absolute Gasteiger partial charge is 0.352 e. The third-order valence-electron chi connectivity index (χ3n) is 7.49. The summed E-state index contributed by atoms with van der Waals surface area (Å²) in [5.41, 5.74) is 15.4. The molecule has 0 unspecified atom stereocenters. The number of fused-ring (bicyclic) bond motifs is 2. The minimum Gasteiger partial charge on any atom is -0.477 e. The fourth-order valence-corrected chi connectivity index (χ4v) is 7.27. The highest BCUT2D eigenvalue weighted by Gasteiger charge is 2.55. The monoisotopic (exact) mass is 646 g/mol. The number of thiazole rings is 1. The van der Waals surface area contributed by atoms with Gasteiger partial charge in [-0.2, -0.15) is 4.57 Å². The number of carboxylic acids is 1. The molecule has 2 amide bonds. The fourth-order valence-electron chi connectivity index (χ4n) is 5.39. The van der Waals surface area contributed by atoms with Crippen molar-refractivity contribution in [2.75, 3.05) is 18.6 Å². The van der Waals surface area contributed by atoms with Crippen LogP contribution in [0, 0.1) is 5.41 Å². The molecule has 230 valence electrons. The number of amidine groups is 1. The van der Waals surface area contributed by atoms with Crippen molar-refractivity contribution in [2.24, 2.45) is 10.9 Å². The first-order valence-corrected chi connectivity index (χ1v) is 15.5. The van der Waals surface area contributed by atoms with Crippen LogP contribution in [0.4, 0.5) is 5.13 Å². The second-order valence-corrected chi connectivity index (χ2v) is 12.3. The number of β-lactam (4-membered cyclic amide) rings is 1. The van der Waals surface area contributed by atoms with Crippen LogP contribution in [0.5, 0.6) is 0 Å². The van der Waals surface area contributed by atoms with Gasteiger partial charge in [0.1, 0.15) is 41.3 Å². The number of aromatic nitrogens is 3. The van der Waals surface area contributed by atoms with Crippen molar-refractivity contribution in [3.63, 3.8) is 0 Å². The van der Waals surface area contributed by atoms with Crippen molar-refractivity contribution in [3.05, 3.63) is 88.3 Å². The standard InChI is InChI=1S/C29H27N9O5S2/c1-43-35-21(18-14-45-29(32)33-18)25(39)34-22-26(40)38-23(28(41)42)17(13-44-27(22)38)12-36-9-2-3-19-20(36)8-10-37(19)11-15-4-6-16(7-5-15)24(30)31/h2-10,14,22,27H,11-13H2,1H3,(H6-,30,31,32,33,34,39,41,42)/p+1/b35-21-/t22-,27-/m1/s1. The number of nitrogens with two attached hydrogens (primary N) is 2. The molecular weight excluding hydrogens is 619 g/mol. The number of carbonyl (C=O) groups is 3. The summed E-state index contributed by atoms with van der Waals surface area (Å²) in [5, 5.41) is 25.4. The zero-order chi connectivity index (χ0) is 31.8. The number of nitrogens with zero attached hydrogens (tertiary/aromatic N) is 5. The summed E-state index contributed by atoms with van der Waals surface area (Å²) >= 11 is 2.50. The lowest BCUT2D eigenvalue weighted by molar-refractivity contribution is -0.663. The van der Waals surface area contributed by atoms with Gasteiger partial charge in [-0.15, -0.1) is 23.1 Å². The summed E-state index contributed by atoms with van der Waals surface area (Å²) in [6.07, 6.45) is 3.84. The van der Waals surface area contributed by atoms with Gasteiger partial charge >= 0.3 is 5.97 Å². The van der Waals surface area contributed by atoms with E-state index >= 15 is 0 Å². The lowest BCUT2D eigenvalue weighted by atomic mass is 10.0. The van der Waals surface area contributed by atoms with Crippen LogP contribution in [0.25, 0.3) is 11.0 Å². The van der Waals surface area contributed by atoms with Crippen molar-refractivity contribution in [3.8, 4) is 0 Å². The van der Waals surface area contributed by atoms with Crippen LogP contribution < -0.4 is 21.4 Å². The van der Waals surface area contributed by atoms with Gasteiger partial charge in [0.15, 0.2) is 23.6 Å². The van der Waals surface area contributed by atoms with Crippen molar-refractivity contribution >= 4 is 68.6 Å². The Hall–Kier alpha value is -5.22. The van der Waals surface area contributed by atoms with E-state index in [0.29, 0.717) is 23.4 Å². The van der Waals surface area contributed by atoms with Gasteiger partial charge in [-0.25, -0.2) is 9.78 Å². The van der Waals surface area contributed by atoms with Gasteiger partial charge in [0.05, 0.1) is 0 Å². The van der Waals surface area contributed by atoms with Crippen LogP contribution in [0.2, 0.25) is 0 Å². The Labute approximate surface area is 264 Å². The molecule has 0 saturated carbocycles. The average Bonchev–Trinajstić information content (AvgIpc) is 3.64. The Kier molecular flexibility index (Phi) is 7.99. The van der Waals surface area contributed by atoms with E-state index in [2.05, 4.69) is 20.0 Å². The van der Waals surface area contributed by atoms with E-state index in [-0.39, 0.29) is 34.6 Å². The molecule has 1 aromatic carbocycles. The van der Waals surface area contributed by atoms with Gasteiger partial charge in [-0.3, -0.25) is 19.9 Å². The maximum Gasteiger partial charge on any atom is 0.352 e. The third kappa shape index (κ3) is 5.60. The second-order valence-electron chi connectivity index (χ2n) is 10.3. The molecule has 0 bridgehead atoms. The number of aliphatic carboxylic acids is 1. The Morgan fingerprint density at radius 3 is 2.71 bits per heavy atom. The normalized spacial score (nSPS) is 18.0. The van der Waals surface area contributed by atoms with E-state index in [0.717, 1.165) is 27.9 Å². The molecule has 1 fully saturated rings. The maximum atomic E-state index is 13.3. The highest BCUT2D eigenvalue weighted by molar-refractivity contribution is 8.00. The number of benzene rings is 1. The Morgan fingerprint density at radius 1 is 1.27 bits per heavy atom. The molecule has 2 aliphatic heterocycles. The number of pyridine rings is 1. The van der Waals surface area contributed by atoms with E-state index in [1.54, 1.807) is 5.38 Å². The number of carboxylic acid groups (broad SMARTS) is 1. The van der Waals surface area contributed by atoms with Crippen molar-refractivity contribution in [2.45, 2.75) is 24.5 Å². The molecule has 0 aliphatic carbocycles. The number of anilines is 1. The Balaban J connectivity index is 1.21. The number of hydrogen-bond acceptors (Lipinski definition) is 10. The summed E-state index contributed by atoms with van der Waals surface area (Å²) < 4.78 is 4.04. The fraction of sp³-hybridized carbons (Fsp3) is 0.207. The van der Waals surface area contributed by atoms with Crippen LogP contribution in [-0.2, 0) is 32.3 Å². The van der Waals surface area contributed by atoms with E-state index < -0.39 is 29.2 Å². The largest absolute Gasteiger partial charge is 0.477 e. The number of carbonyl (C=O) groups excluding carboxylic acids is 2. The molecule has 3 aromatic heterocycles. The van der Waals surface area contributed by atoms with Gasteiger partial charge in [0, 0.05) is 47.1 Å². The zero-order valence-electron chi connectivity index (χ0n) is 23.8. The quantitative estimate of drug-likeness (QED) is 0.0549. The number of thioether (sulfide) groups is 1. The number of hydrogen-bond donors (Lipinski definition) is 5. The van der Waals surface area contributed by atoms with Gasteiger partial charge in [-0.1, -0.05) is 29.4 Å². The van der Waals surface area contributed by atoms with E-state index in [1.807, 2.05) is 59.4 Å². The SMILES string of the molecule is CO/N=C(\C(=O)N[C@@H]1C(=O)N2C(C(=O)O)=C(C[n+]3cccc4c3ccn4Cc3ccc(C(=N)N)cc3)CS[C@H]12)c1csc(N)n1. The molecule has 1 saturated heterocycles. The van der Waals surface area contributed by atoms with Crippen LogP contribution >= 0.6 is 23.1 Å². The van der Waals surface area contributed by atoms with Gasteiger partial charge in [-0.05, 0) is 11.6 Å². The molecule has 0 radical (unpaired) electrons. The molecule has 5 heterocycles. The molecule has 14 nitrogen and oxygen atoms in total. The van der Waals surface area contributed by atoms with Crippen molar-refractivity contribution in [1.29, 1.82) is 5.41 Å². The first kappa shape index (κ1) is 29.8. The maximum absolute atomic E-state index is 13.3. The molecular formula is C29H28N9O5S2+. The molecule has 0 spiro atoms.